The van der Waals surface area contributed by atoms with Crippen molar-refractivity contribution in [1.29, 1.82) is 0 Å². The monoisotopic (exact) mass is 408 g/mol. The quantitative estimate of drug-likeness (QED) is 0.701. The van der Waals surface area contributed by atoms with Crippen LogP contribution in [0.2, 0.25) is 0 Å². The molecule has 8 nitrogen and oxygen atoms in total. The summed E-state index contributed by atoms with van der Waals surface area (Å²) in [4.78, 5) is 29.9. The summed E-state index contributed by atoms with van der Waals surface area (Å²) in [7, 11) is 1.78. The zero-order valence-corrected chi connectivity index (χ0v) is 17.0. The number of amides is 1. The first-order valence-corrected chi connectivity index (χ1v) is 9.90. The van der Waals surface area contributed by atoms with Gasteiger partial charge >= 0.3 is 0 Å². The zero-order valence-electron chi connectivity index (χ0n) is 17.0. The molecule has 0 unspecified atom stereocenters. The average Bonchev–Trinajstić information content (AvgIpc) is 2.98. The SMILES string of the molecule is Cc1c(NC(=O)c2ccc(OC3CCOCC3)nc2)c(=O)n(-c2ccccc2)n1C. The van der Waals surface area contributed by atoms with Gasteiger partial charge in [0.2, 0.25) is 5.88 Å². The Morgan fingerprint density at radius 3 is 2.57 bits per heavy atom. The average molecular weight is 408 g/mol. The molecule has 0 aliphatic carbocycles. The van der Waals surface area contributed by atoms with Gasteiger partial charge in [0, 0.05) is 32.2 Å². The van der Waals surface area contributed by atoms with E-state index in [0.29, 0.717) is 30.4 Å². The minimum atomic E-state index is -0.397. The molecule has 156 valence electrons. The van der Waals surface area contributed by atoms with Gasteiger partial charge in [0.05, 0.1) is 30.2 Å². The molecule has 0 spiro atoms. The molecule has 1 amide bonds. The fourth-order valence-corrected chi connectivity index (χ4v) is 3.45. The third kappa shape index (κ3) is 3.99. The molecule has 8 heteroatoms. The van der Waals surface area contributed by atoms with E-state index in [-0.39, 0.29) is 17.4 Å². The summed E-state index contributed by atoms with van der Waals surface area (Å²) in [6.45, 7) is 3.16. The van der Waals surface area contributed by atoms with Crippen molar-refractivity contribution in [1.82, 2.24) is 14.3 Å². The predicted molar refractivity (Wildman–Crippen MR) is 112 cm³/mol. The summed E-state index contributed by atoms with van der Waals surface area (Å²) in [5.74, 6) is 0.0758. The summed E-state index contributed by atoms with van der Waals surface area (Å²) in [6.07, 6.45) is 3.18. The summed E-state index contributed by atoms with van der Waals surface area (Å²) < 4.78 is 14.4. The molecule has 3 aromatic rings. The standard InChI is InChI=1S/C22H24N4O4/c1-15-20(22(28)26(25(15)2)17-6-4-3-5-7-17)24-21(27)16-8-9-19(23-14-16)30-18-10-12-29-13-11-18/h3-9,14,18H,10-13H2,1-2H3,(H,24,27). The van der Waals surface area contributed by atoms with Crippen LogP contribution < -0.4 is 15.6 Å². The van der Waals surface area contributed by atoms with E-state index in [4.69, 9.17) is 9.47 Å². The van der Waals surface area contributed by atoms with Crippen molar-refractivity contribution in [2.24, 2.45) is 7.05 Å². The van der Waals surface area contributed by atoms with Crippen molar-refractivity contribution in [3.8, 4) is 11.6 Å². The fourth-order valence-electron chi connectivity index (χ4n) is 3.45. The Labute approximate surface area is 174 Å². The number of nitrogens with one attached hydrogen (secondary N) is 1. The molecule has 3 heterocycles. The van der Waals surface area contributed by atoms with E-state index in [1.165, 1.54) is 10.9 Å². The van der Waals surface area contributed by atoms with Gasteiger partial charge in [-0.15, -0.1) is 0 Å². The topological polar surface area (TPSA) is 87.4 Å². The van der Waals surface area contributed by atoms with E-state index >= 15 is 0 Å². The van der Waals surface area contributed by atoms with E-state index in [9.17, 15) is 9.59 Å². The second-order valence-electron chi connectivity index (χ2n) is 7.21. The number of para-hydroxylation sites is 1. The number of hydrogen-bond acceptors (Lipinski definition) is 5. The van der Waals surface area contributed by atoms with Gasteiger partial charge in [-0.05, 0) is 25.1 Å². The molecule has 30 heavy (non-hydrogen) atoms. The second-order valence-corrected chi connectivity index (χ2v) is 7.21. The van der Waals surface area contributed by atoms with E-state index in [1.807, 2.05) is 30.3 Å². The molecular formula is C22H24N4O4. The first-order valence-electron chi connectivity index (χ1n) is 9.90. The molecule has 1 aliphatic rings. The predicted octanol–water partition coefficient (Wildman–Crippen LogP) is 2.69. The van der Waals surface area contributed by atoms with Crippen molar-refractivity contribution in [3.05, 3.63) is 70.3 Å². The van der Waals surface area contributed by atoms with E-state index in [0.717, 1.165) is 18.5 Å². The summed E-state index contributed by atoms with van der Waals surface area (Å²) in [6, 6.07) is 12.6. The molecule has 1 N–H and O–H groups in total. The van der Waals surface area contributed by atoms with Gasteiger partial charge in [-0.25, -0.2) is 9.67 Å². The van der Waals surface area contributed by atoms with E-state index in [2.05, 4.69) is 10.3 Å². The Hall–Kier alpha value is -3.39. The molecule has 1 saturated heterocycles. The number of ether oxygens (including phenoxy) is 2. The zero-order chi connectivity index (χ0) is 21.1. The fraction of sp³-hybridized carbons (Fsp3) is 0.318. The van der Waals surface area contributed by atoms with Crippen molar-refractivity contribution >= 4 is 11.6 Å². The van der Waals surface area contributed by atoms with Gasteiger partial charge in [-0.3, -0.25) is 14.3 Å². The minimum absolute atomic E-state index is 0.0781. The van der Waals surface area contributed by atoms with Crippen LogP contribution in [0, 0.1) is 6.92 Å². The van der Waals surface area contributed by atoms with Crippen LogP contribution in [0.5, 0.6) is 5.88 Å². The first kappa shape index (κ1) is 19.9. The lowest BCUT2D eigenvalue weighted by molar-refractivity contribution is 0.0237. The lowest BCUT2D eigenvalue weighted by Crippen LogP contribution is -2.26. The molecule has 0 atom stereocenters. The van der Waals surface area contributed by atoms with Crippen molar-refractivity contribution in [2.45, 2.75) is 25.9 Å². The molecule has 0 bridgehead atoms. The van der Waals surface area contributed by atoms with Crippen molar-refractivity contribution in [3.63, 3.8) is 0 Å². The third-order valence-electron chi connectivity index (χ3n) is 5.25. The highest BCUT2D eigenvalue weighted by atomic mass is 16.5. The number of rotatable bonds is 5. The lowest BCUT2D eigenvalue weighted by Gasteiger charge is -2.22. The van der Waals surface area contributed by atoms with Crippen LogP contribution in [0.1, 0.15) is 28.9 Å². The van der Waals surface area contributed by atoms with Gasteiger partial charge in [0.25, 0.3) is 11.5 Å². The largest absolute Gasteiger partial charge is 0.474 e. The van der Waals surface area contributed by atoms with Gasteiger partial charge < -0.3 is 14.8 Å². The van der Waals surface area contributed by atoms with Gasteiger partial charge in [0.1, 0.15) is 11.8 Å². The Kier molecular flexibility index (Phi) is 5.67. The van der Waals surface area contributed by atoms with Gasteiger partial charge in [0.15, 0.2) is 0 Å². The number of anilines is 1. The first-order chi connectivity index (χ1) is 14.5. The highest BCUT2D eigenvalue weighted by molar-refractivity contribution is 6.04. The Morgan fingerprint density at radius 2 is 1.90 bits per heavy atom. The van der Waals surface area contributed by atoms with Crippen LogP contribution in [0.25, 0.3) is 5.69 Å². The molecule has 2 aromatic heterocycles. The molecule has 0 radical (unpaired) electrons. The maximum absolute atomic E-state index is 12.9. The number of carbonyl (C=O) groups excluding carboxylic acids is 1. The van der Waals surface area contributed by atoms with E-state index in [1.54, 1.807) is 30.8 Å². The van der Waals surface area contributed by atoms with Crippen LogP contribution in [-0.2, 0) is 11.8 Å². The Bertz CT molecular complexity index is 1080. The highest BCUT2D eigenvalue weighted by Gasteiger charge is 2.20. The van der Waals surface area contributed by atoms with Crippen LogP contribution in [-0.4, -0.2) is 39.6 Å². The van der Waals surface area contributed by atoms with Gasteiger partial charge in [-0.2, -0.15) is 0 Å². The maximum atomic E-state index is 12.9. The molecular weight excluding hydrogens is 384 g/mol. The molecule has 1 aromatic carbocycles. The second kappa shape index (κ2) is 8.54. The summed E-state index contributed by atoms with van der Waals surface area (Å²) >= 11 is 0. The summed E-state index contributed by atoms with van der Waals surface area (Å²) in [5, 5.41) is 2.74. The Balaban J connectivity index is 1.51. The van der Waals surface area contributed by atoms with Crippen LogP contribution in [0.15, 0.2) is 53.5 Å². The summed E-state index contributed by atoms with van der Waals surface area (Å²) in [5.41, 5.74) is 1.69. The lowest BCUT2D eigenvalue weighted by atomic mass is 10.1. The van der Waals surface area contributed by atoms with Crippen LogP contribution >= 0.6 is 0 Å². The van der Waals surface area contributed by atoms with Crippen LogP contribution in [0.4, 0.5) is 5.69 Å². The number of aromatic nitrogens is 3. The normalized spacial score (nSPS) is 14.5. The Morgan fingerprint density at radius 1 is 1.17 bits per heavy atom. The van der Waals surface area contributed by atoms with Crippen molar-refractivity contribution < 1.29 is 14.3 Å². The van der Waals surface area contributed by atoms with Crippen LogP contribution in [0.3, 0.4) is 0 Å². The smallest absolute Gasteiger partial charge is 0.295 e. The maximum Gasteiger partial charge on any atom is 0.295 e. The van der Waals surface area contributed by atoms with Gasteiger partial charge in [-0.1, -0.05) is 18.2 Å². The number of carbonyl (C=O) groups is 1. The molecule has 4 rings (SSSR count). The van der Waals surface area contributed by atoms with E-state index < -0.39 is 5.91 Å². The minimum Gasteiger partial charge on any atom is -0.474 e. The number of pyridine rings is 1. The molecule has 1 fully saturated rings. The third-order valence-corrected chi connectivity index (χ3v) is 5.25. The molecule has 0 saturated carbocycles. The van der Waals surface area contributed by atoms with Crippen molar-refractivity contribution in [2.75, 3.05) is 18.5 Å². The number of nitrogens with zero attached hydrogens (tertiary/aromatic N) is 3. The molecule has 1 aliphatic heterocycles. The highest BCUT2D eigenvalue weighted by Crippen LogP contribution is 2.18. The number of benzene rings is 1. The number of hydrogen-bond donors (Lipinski definition) is 1.